The average Bonchev–Trinajstić information content (AvgIpc) is 3.44. The molecule has 0 bridgehead atoms. The van der Waals surface area contributed by atoms with Crippen LogP contribution < -0.4 is 5.32 Å². The molecule has 0 spiro atoms. The Morgan fingerprint density at radius 1 is 1.31 bits per heavy atom. The number of alkyl halides is 4. The van der Waals surface area contributed by atoms with Gasteiger partial charge in [0.05, 0.1) is 34.1 Å². The van der Waals surface area contributed by atoms with Crippen molar-refractivity contribution in [2.45, 2.75) is 55.7 Å². The van der Waals surface area contributed by atoms with Crippen molar-refractivity contribution < 1.29 is 31.1 Å². The van der Waals surface area contributed by atoms with Crippen LogP contribution in [0.15, 0.2) is 29.8 Å². The lowest BCUT2D eigenvalue weighted by Crippen LogP contribution is -2.50. The van der Waals surface area contributed by atoms with Crippen LogP contribution in [0.2, 0.25) is 0 Å². The Morgan fingerprint density at radius 3 is 2.59 bits per heavy atom. The minimum absolute atomic E-state index is 0.000257. The monoisotopic (exact) mass is 587 g/mol. The molecule has 10 nitrogen and oxygen atoms in total. The molecular formula is C23H25F4N7O3S2. The molecule has 0 aromatic carbocycles. The Labute approximate surface area is 226 Å². The van der Waals surface area contributed by atoms with Gasteiger partial charge < -0.3 is 15.0 Å². The maximum Gasteiger partial charge on any atom is 0.420 e. The fourth-order valence-electron chi connectivity index (χ4n) is 4.09. The number of nitriles is 1. The second-order valence-corrected chi connectivity index (χ2v) is 12.8. The lowest BCUT2D eigenvalue weighted by atomic mass is 10.0. The molecule has 2 atom stereocenters. The van der Waals surface area contributed by atoms with Crippen LogP contribution in [0.5, 0.6) is 0 Å². The van der Waals surface area contributed by atoms with Crippen molar-refractivity contribution in [3.8, 4) is 16.6 Å². The normalized spacial score (nSPS) is 19.2. The van der Waals surface area contributed by atoms with Gasteiger partial charge in [0, 0.05) is 43.8 Å². The smallest absolute Gasteiger partial charge is 0.390 e. The Balaban J connectivity index is 1.59. The van der Waals surface area contributed by atoms with Crippen LogP contribution in [0.3, 0.4) is 0 Å². The highest BCUT2D eigenvalue weighted by Gasteiger charge is 2.39. The van der Waals surface area contributed by atoms with E-state index in [2.05, 4.69) is 20.3 Å². The topological polar surface area (TPSA) is 137 Å². The summed E-state index contributed by atoms with van der Waals surface area (Å²) in [7, 11) is -2.42. The molecule has 0 radical (unpaired) electrons. The number of aryl methyl sites for hydroxylation is 1. The number of sulfonamides is 1. The number of rotatable bonds is 7. The number of aliphatic hydroxyl groups is 1. The molecule has 1 aliphatic heterocycles. The summed E-state index contributed by atoms with van der Waals surface area (Å²) in [5.74, 6) is -0.275. The minimum Gasteiger partial charge on any atom is -0.390 e. The molecule has 4 rings (SSSR count). The average molecular weight is 588 g/mol. The number of nitrogens with one attached hydrogen (secondary N) is 1. The molecule has 3 aromatic heterocycles. The van der Waals surface area contributed by atoms with Gasteiger partial charge in [-0.3, -0.25) is 0 Å². The highest BCUT2D eigenvalue weighted by Crippen LogP contribution is 2.40. The van der Waals surface area contributed by atoms with Crippen LogP contribution in [-0.4, -0.2) is 68.3 Å². The van der Waals surface area contributed by atoms with Gasteiger partial charge in [0.2, 0.25) is 5.95 Å². The fourth-order valence-corrected chi connectivity index (χ4v) is 6.85. The third kappa shape index (κ3) is 6.38. The molecule has 1 saturated heterocycles. The van der Waals surface area contributed by atoms with Gasteiger partial charge in [0.25, 0.3) is 10.0 Å². The maximum absolute atomic E-state index is 15.1. The molecule has 1 aliphatic rings. The molecule has 1 fully saturated rings. The van der Waals surface area contributed by atoms with E-state index in [0.717, 1.165) is 15.6 Å². The van der Waals surface area contributed by atoms with Gasteiger partial charge in [0.15, 0.2) is 5.03 Å². The molecule has 3 aromatic rings. The van der Waals surface area contributed by atoms with E-state index in [1.165, 1.54) is 37.0 Å². The van der Waals surface area contributed by atoms with E-state index in [1.807, 2.05) is 6.07 Å². The second-order valence-electron chi connectivity index (χ2n) is 9.80. The zero-order valence-corrected chi connectivity index (χ0v) is 22.7. The molecule has 210 valence electrons. The largest absolute Gasteiger partial charge is 0.420 e. The van der Waals surface area contributed by atoms with Crippen LogP contribution in [0.4, 0.5) is 23.5 Å². The molecule has 0 saturated carbocycles. The molecule has 16 heteroatoms. The summed E-state index contributed by atoms with van der Waals surface area (Å²) in [6.45, 7) is 2.49. The SMILES string of the molecule is Cn1cnc(S(=O)(=O)N2CC[C@H](Nc3ncc(C(F)(F)F)c(-c4cc(C#N)c(CC(C)(C)O)s4)n3)[C@H](F)C2)c1. The first-order valence-corrected chi connectivity index (χ1v) is 13.9. The molecule has 4 heterocycles. The van der Waals surface area contributed by atoms with Gasteiger partial charge >= 0.3 is 6.18 Å². The van der Waals surface area contributed by atoms with Gasteiger partial charge in [-0.1, -0.05) is 0 Å². The highest BCUT2D eigenvalue weighted by molar-refractivity contribution is 7.89. The van der Waals surface area contributed by atoms with Crippen molar-refractivity contribution in [1.29, 1.82) is 5.26 Å². The van der Waals surface area contributed by atoms with Crippen LogP contribution >= 0.6 is 11.3 Å². The van der Waals surface area contributed by atoms with Gasteiger partial charge in [0.1, 0.15) is 17.8 Å². The van der Waals surface area contributed by atoms with Crippen LogP contribution in [0.25, 0.3) is 10.6 Å². The predicted octanol–water partition coefficient (Wildman–Crippen LogP) is 3.36. The summed E-state index contributed by atoms with van der Waals surface area (Å²) in [6.07, 6.45) is -3.28. The molecule has 39 heavy (non-hydrogen) atoms. The van der Waals surface area contributed by atoms with Crippen LogP contribution in [-0.2, 0) is 29.7 Å². The van der Waals surface area contributed by atoms with Crippen molar-refractivity contribution in [3.63, 3.8) is 0 Å². The Bertz CT molecular complexity index is 1510. The number of hydrogen-bond donors (Lipinski definition) is 2. The molecular weight excluding hydrogens is 562 g/mol. The summed E-state index contributed by atoms with van der Waals surface area (Å²) in [5.41, 5.74) is -2.71. The number of anilines is 1. The molecule has 0 unspecified atom stereocenters. The van der Waals surface area contributed by atoms with Crippen LogP contribution in [0.1, 0.15) is 36.3 Å². The van der Waals surface area contributed by atoms with Gasteiger partial charge in [-0.2, -0.15) is 22.7 Å². The van der Waals surface area contributed by atoms with E-state index in [4.69, 9.17) is 0 Å². The first-order valence-electron chi connectivity index (χ1n) is 11.7. The quantitative estimate of drug-likeness (QED) is 0.402. The number of halogens is 4. The lowest BCUT2D eigenvalue weighted by Gasteiger charge is -2.33. The number of nitrogens with zero attached hydrogens (tertiary/aromatic N) is 6. The van der Waals surface area contributed by atoms with E-state index < -0.39 is 51.8 Å². The number of aromatic nitrogens is 4. The number of piperidine rings is 1. The van der Waals surface area contributed by atoms with Gasteiger partial charge in [-0.25, -0.2) is 27.8 Å². The van der Waals surface area contributed by atoms with Crippen molar-refractivity contribution in [1.82, 2.24) is 23.8 Å². The van der Waals surface area contributed by atoms with Gasteiger partial charge in [-0.05, 0) is 26.3 Å². The number of hydrogen-bond acceptors (Lipinski definition) is 9. The first-order chi connectivity index (χ1) is 18.1. The summed E-state index contributed by atoms with van der Waals surface area (Å²) in [6, 6.07) is 2.24. The van der Waals surface area contributed by atoms with Crippen LogP contribution in [0, 0.1) is 11.3 Å². The molecule has 0 aliphatic carbocycles. The minimum atomic E-state index is -4.81. The maximum atomic E-state index is 15.1. The lowest BCUT2D eigenvalue weighted by molar-refractivity contribution is -0.137. The van der Waals surface area contributed by atoms with E-state index in [-0.39, 0.29) is 40.8 Å². The zero-order valence-electron chi connectivity index (χ0n) is 21.1. The first kappa shape index (κ1) is 28.9. The third-order valence-corrected chi connectivity index (χ3v) is 8.85. The van der Waals surface area contributed by atoms with E-state index in [9.17, 15) is 32.0 Å². The highest BCUT2D eigenvalue weighted by atomic mass is 32.2. The summed E-state index contributed by atoms with van der Waals surface area (Å²) < 4.78 is 84.5. The zero-order chi connectivity index (χ0) is 28.8. The van der Waals surface area contributed by atoms with Gasteiger partial charge in [-0.15, -0.1) is 11.3 Å². The number of imidazole rings is 1. The Morgan fingerprint density at radius 2 is 2.03 bits per heavy atom. The van der Waals surface area contributed by atoms with Crippen molar-refractivity contribution in [2.75, 3.05) is 18.4 Å². The summed E-state index contributed by atoms with van der Waals surface area (Å²) in [5, 5.41) is 22.1. The summed E-state index contributed by atoms with van der Waals surface area (Å²) in [4.78, 5) is 12.0. The molecule has 0 amide bonds. The third-order valence-electron chi connectivity index (χ3n) is 5.95. The standard InChI is InChI=1S/C23H25F4N7O3S2/c1-22(2,35)7-18-13(8-28)6-17(38-18)20-14(23(25,26)27)9-29-21(32-20)31-16-4-5-34(10-15(16)24)39(36,37)19-11-33(3)12-30-19/h6,9,11-12,15-16,35H,4-5,7,10H2,1-3H3,(H,29,31,32)/t15-,16+/m1/s1. The predicted molar refractivity (Wildman–Crippen MR) is 134 cm³/mol. The van der Waals surface area contributed by atoms with Crippen molar-refractivity contribution in [3.05, 3.63) is 40.8 Å². The molecule has 2 N–H and O–H groups in total. The van der Waals surface area contributed by atoms with Crippen molar-refractivity contribution >= 4 is 27.3 Å². The Kier molecular flexibility index (Phi) is 7.74. The van der Waals surface area contributed by atoms with E-state index in [1.54, 1.807) is 7.05 Å². The number of thiophene rings is 1. The van der Waals surface area contributed by atoms with Crippen molar-refractivity contribution in [2.24, 2.45) is 7.05 Å². The second kappa shape index (κ2) is 10.5. The Hall–Kier alpha value is -3.13. The van der Waals surface area contributed by atoms with E-state index >= 15 is 4.39 Å². The summed E-state index contributed by atoms with van der Waals surface area (Å²) >= 11 is 0.897. The fraction of sp³-hybridized carbons (Fsp3) is 0.478. The van der Waals surface area contributed by atoms with E-state index in [0.29, 0.717) is 11.1 Å².